The number of aromatic nitrogens is 1. The van der Waals surface area contributed by atoms with E-state index in [0.29, 0.717) is 0 Å². The topological polar surface area (TPSA) is 31.1 Å². The maximum absolute atomic E-state index is 6.00. The Balaban J connectivity index is 1.49. The summed E-state index contributed by atoms with van der Waals surface area (Å²) in [6.45, 7) is 5.57. The molecule has 0 saturated carbocycles. The predicted molar refractivity (Wildman–Crippen MR) is 88.8 cm³/mol. The molecule has 1 aliphatic rings. The molecular formula is C15H20ClN3S. The van der Waals surface area contributed by atoms with Crippen molar-refractivity contribution in [1.82, 2.24) is 15.2 Å². The van der Waals surface area contributed by atoms with E-state index in [-0.39, 0.29) is 0 Å². The van der Waals surface area contributed by atoms with E-state index in [9.17, 15) is 0 Å². The number of halogens is 1. The maximum atomic E-state index is 6.00. The van der Waals surface area contributed by atoms with Crippen LogP contribution >= 0.6 is 23.4 Å². The molecule has 2 aromatic rings. The highest BCUT2D eigenvalue weighted by molar-refractivity contribution is 7.99. The number of rotatable bonds is 5. The lowest BCUT2D eigenvalue weighted by Gasteiger charge is -2.26. The van der Waals surface area contributed by atoms with Crippen molar-refractivity contribution < 1.29 is 0 Å². The van der Waals surface area contributed by atoms with Gasteiger partial charge in [0.25, 0.3) is 0 Å². The van der Waals surface area contributed by atoms with Crippen LogP contribution in [0.5, 0.6) is 0 Å². The molecular weight excluding hydrogens is 290 g/mol. The Morgan fingerprint density at radius 1 is 1.30 bits per heavy atom. The fraction of sp³-hybridized carbons (Fsp3) is 0.467. The molecule has 0 radical (unpaired) electrons. The third-order valence-corrected chi connectivity index (χ3v) is 4.93. The summed E-state index contributed by atoms with van der Waals surface area (Å²) in [4.78, 5) is 5.82. The van der Waals surface area contributed by atoms with E-state index < -0.39 is 0 Å². The fourth-order valence-corrected chi connectivity index (χ4v) is 3.74. The lowest BCUT2D eigenvalue weighted by Crippen LogP contribution is -2.37. The Morgan fingerprint density at radius 2 is 2.15 bits per heavy atom. The van der Waals surface area contributed by atoms with E-state index >= 15 is 0 Å². The van der Waals surface area contributed by atoms with Crippen LogP contribution < -0.4 is 5.32 Å². The first-order chi connectivity index (χ1) is 9.83. The van der Waals surface area contributed by atoms with Gasteiger partial charge in [0.1, 0.15) is 0 Å². The van der Waals surface area contributed by atoms with Gasteiger partial charge in [0.15, 0.2) is 0 Å². The number of hydrogen-bond acceptors (Lipinski definition) is 3. The Hall–Kier alpha value is -0.680. The minimum atomic E-state index is 0.779. The molecule has 0 aliphatic carbocycles. The molecule has 1 fully saturated rings. The third-order valence-electron chi connectivity index (χ3n) is 3.75. The summed E-state index contributed by atoms with van der Waals surface area (Å²) in [7, 11) is 0. The molecule has 3 nitrogen and oxygen atoms in total. The SMILES string of the molecule is Clc1ccc2c(CNCCN3CCSCC3)c[nH]c2c1. The molecule has 2 N–H and O–H groups in total. The number of benzene rings is 1. The van der Waals surface area contributed by atoms with E-state index in [4.69, 9.17) is 11.6 Å². The summed E-state index contributed by atoms with van der Waals surface area (Å²) in [5.41, 5.74) is 2.42. The van der Waals surface area contributed by atoms with Gasteiger partial charge in [-0.1, -0.05) is 17.7 Å². The monoisotopic (exact) mass is 309 g/mol. The highest BCUT2D eigenvalue weighted by Crippen LogP contribution is 2.21. The highest BCUT2D eigenvalue weighted by atomic mass is 35.5. The van der Waals surface area contributed by atoms with Gasteiger partial charge in [-0.2, -0.15) is 11.8 Å². The normalized spacial score (nSPS) is 16.9. The lowest BCUT2D eigenvalue weighted by molar-refractivity contribution is 0.301. The van der Waals surface area contributed by atoms with Crippen molar-refractivity contribution in [3.05, 3.63) is 35.0 Å². The number of nitrogens with zero attached hydrogens (tertiary/aromatic N) is 1. The van der Waals surface area contributed by atoms with E-state index in [1.165, 1.54) is 35.5 Å². The first-order valence-corrected chi connectivity index (χ1v) is 8.62. The summed E-state index contributed by atoms with van der Waals surface area (Å²) in [6.07, 6.45) is 2.07. The Bertz CT molecular complexity index is 563. The van der Waals surface area contributed by atoms with E-state index in [1.54, 1.807) is 0 Å². The van der Waals surface area contributed by atoms with E-state index in [0.717, 1.165) is 30.2 Å². The smallest absolute Gasteiger partial charge is 0.0472 e. The zero-order valence-corrected chi connectivity index (χ0v) is 13.1. The maximum Gasteiger partial charge on any atom is 0.0472 e. The first-order valence-electron chi connectivity index (χ1n) is 7.09. The molecule has 0 amide bonds. The Morgan fingerprint density at radius 3 is 3.00 bits per heavy atom. The van der Waals surface area contributed by atoms with Gasteiger partial charge in [0, 0.05) is 66.4 Å². The van der Waals surface area contributed by atoms with E-state index in [1.807, 2.05) is 12.1 Å². The zero-order chi connectivity index (χ0) is 13.8. The van der Waals surface area contributed by atoms with Crippen molar-refractivity contribution in [1.29, 1.82) is 0 Å². The van der Waals surface area contributed by atoms with E-state index in [2.05, 4.69) is 39.2 Å². The average Bonchev–Trinajstić information content (AvgIpc) is 2.87. The minimum absolute atomic E-state index is 0.779. The highest BCUT2D eigenvalue weighted by Gasteiger charge is 2.09. The molecule has 0 bridgehead atoms. The van der Waals surface area contributed by atoms with Gasteiger partial charge in [-0.3, -0.25) is 0 Å². The molecule has 1 saturated heterocycles. The predicted octanol–water partition coefficient (Wildman–Crippen LogP) is 2.96. The first kappa shape index (κ1) is 14.3. The second kappa shape index (κ2) is 6.85. The summed E-state index contributed by atoms with van der Waals surface area (Å²) in [5.74, 6) is 2.56. The fourth-order valence-electron chi connectivity index (χ4n) is 2.59. The molecule has 108 valence electrons. The van der Waals surface area contributed by atoms with Crippen LogP contribution in [0.4, 0.5) is 0 Å². The minimum Gasteiger partial charge on any atom is -0.361 e. The Labute approximate surface area is 129 Å². The van der Waals surface area contributed by atoms with Crippen molar-refractivity contribution in [2.45, 2.75) is 6.54 Å². The largest absolute Gasteiger partial charge is 0.361 e. The molecule has 0 atom stereocenters. The van der Waals surface area contributed by atoms with Crippen molar-refractivity contribution >= 4 is 34.3 Å². The van der Waals surface area contributed by atoms with Crippen molar-refractivity contribution in [3.8, 4) is 0 Å². The molecule has 5 heteroatoms. The standard InChI is InChI=1S/C15H20ClN3S/c16-13-1-2-14-12(11-18-15(14)9-13)10-17-3-4-19-5-7-20-8-6-19/h1-2,9,11,17-18H,3-8,10H2. The molecule has 1 aliphatic heterocycles. The van der Waals surface area contributed by atoms with Gasteiger partial charge >= 0.3 is 0 Å². The number of nitrogens with one attached hydrogen (secondary N) is 2. The van der Waals surface area contributed by atoms with Crippen LogP contribution in [0.1, 0.15) is 5.56 Å². The molecule has 0 spiro atoms. The average molecular weight is 310 g/mol. The summed E-state index contributed by atoms with van der Waals surface area (Å²) in [5, 5.41) is 5.58. The molecule has 0 unspecified atom stereocenters. The summed E-state index contributed by atoms with van der Waals surface area (Å²) in [6, 6.07) is 6.02. The number of thioether (sulfide) groups is 1. The molecule has 1 aromatic carbocycles. The van der Waals surface area contributed by atoms with Crippen LogP contribution in [0.15, 0.2) is 24.4 Å². The van der Waals surface area contributed by atoms with Crippen LogP contribution in [0.2, 0.25) is 5.02 Å². The summed E-state index contributed by atoms with van der Waals surface area (Å²) < 4.78 is 0. The van der Waals surface area contributed by atoms with Gasteiger partial charge in [-0.05, 0) is 17.7 Å². The van der Waals surface area contributed by atoms with Gasteiger partial charge in [0.05, 0.1) is 0 Å². The quantitative estimate of drug-likeness (QED) is 0.833. The zero-order valence-electron chi connectivity index (χ0n) is 11.5. The van der Waals surface area contributed by atoms with Crippen molar-refractivity contribution in [3.63, 3.8) is 0 Å². The van der Waals surface area contributed by atoms with Gasteiger partial charge in [-0.15, -0.1) is 0 Å². The lowest BCUT2D eigenvalue weighted by atomic mass is 10.2. The number of H-pyrrole nitrogens is 1. The van der Waals surface area contributed by atoms with Crippen LogP contribution in [0, 0.1) is 0 Å². The molecule has 2 heterocycles. The van der Waals surface area contributed by atoms with Crippen LogP contribution in [-0.4, -0.2) is 47.6 Å². The van der Waals surface area contributed by atoms with Crippen LogP contribution in [0.3, 0.4) is 0 Å². The summed E-state index contributed by atoms with van der Waals surface area (Å²) >= 11 is 8.06. The van der Waals surface area contributed by atoms with Crippen LogP contribution in [0.25, 0.3) is 10.9 Å². The molecule has 20 heavy (non-hydrogen) atoms. The second-order valence-electron chi connectivity index (χ2n) is 5.13. The molecule has 3 rings (SSSR count). The number of fused-ring (bicyclic) bond motifs is 1. The Kier molecular flexibility index (Phi) is 4.89. The van der Waals surface area contributed by atoms with Crippen molar-refractivity contribution in [2.24, 2.45) is 0 Å². The molecule has 1 aromatic heterocycles. The van der Waals surface area contributed by atoms with Crippen LogP contribution in [-0.2, 0) is 6.54 Å². The number of hydrogen-bond donors (Lipinski definition) is 2. The van der Waals surface area contributed by atoms with Gasteiger partial charge in [0.2, 0.25) is 0 Å². The second-order valence-corrected chi connectivity index (χ2v) is 6.80. The number of aromatic amines is 1. The van der Waals surface area contributed by atoms with Gasteiger partial charge in [-0.25, -0.2) is 0 Å². The van der Waals surface area contributed by atoms with Crippen molar-refractivity contribution in [2.75, 3.05) is 37.7 Å². The third kappa shape index (κ3) is 3.50. The van der Waals surface area contributed by atoms with Gasteiger partial charge < -0.3 is 15.2 Å².